The minimum absolute atomic E-state index is 0.0396. The highest BCUT2D eigenvalue weighted by Gasteiger charge is 2.30. The van der Waals surface area contributed by atoms with Crippen LogP contribution in [0.3, 0.4) is 0 Å². The molecule has 1 aromatic heterocycles. The predicted molar refractivity (Wildman–Crippen MR) is 159 cm³/mol. The lowest BCUT2D eigenvalue weighted by atomic mass is 9.91. The van der Waals surface area contributed by atoms with Crippen LogP contribution in [0.1, 0.15) is 56.3 Å². The number of hydrogen-bond donors (Lipinski definition) is 1. The highest BCUT2D eigenvalue weighted by Crippen LogP contribution is 2.31. The van der Waals surface area contributed by atoms with Crippen molar-refractivity contribution in [2.75, 3.05) is 38.3 Å². The molecule has 0 spiro atoms. The Morgan fingerprint density at radius 1 is 1.20 bits per heavy atom. The van der Waals surface area contributed by atoms with E-state index in [1.165, 1.54) is 12.1 Å². The van der Waals surface area contributed by atoms with Crippen LogP contribution in [0.4, 0.5) is 11.4 Å². The number of carbonyl (C=O) groups excluding carboxylic acids is 1. The molecule has 10 nitrogen and oxygen atoms in total. The third kappa shape index (κ3) is 7.76. The Kier molecular flexibility index (Phi) is 10.2. The van der Waals surface area contributed by atoms with Crippen LogP contribution >= 0.6 is 11.8 Å². The summed E-state index contributed by atoms with van der Waals surface area (Å²) in [5, 5.41) is 14.9. The van der Waals surface area contributed by atoms with Crippen LogP contribution in [-0.2, 0) is 11.2 Å². The molecule has 1 amide bonds. The summed E-state index contributed by atoms with van der Waals surface area (Å²) < 4.78 is 12.7. The summed E-state index contributed by atoms with van der Waals surface area (Å²) in [6, 6.07) is 11.0. The molecule has 0 aliphatic heterocycles. The lowest BCUT2D eigenvalue weighted by molar-refractivity contribution is -0.384. The van der Waals surface area contributed by atoms with Gasteiger partial charge >= 0.3 is 0 Å². The van der Waals surface area contributed by atoms with Crippen LogP contribution in [-0.4, -0.2) is 53.5 Å². The SMILES string of the molecule is CC(C)COc1ccccc1NC(=O)c1ccc(-n2oc(C(C)(C)C)c(CSCCN(C)C)c2=O)c([N+](=O)[O-])c1. The number of nitro benzene ring substituents is 1. The lowest BCUT2D eigenvalue weighted by Gasteiger charge is -2.16. The molecule has 0 fully saturated rings. The van der Waals surface area contributed by atoms with Crippen LogP contribution in [0.2, 0.25) is 0 Å². The van der Waals surface area contributed by atoms with Gasteiger partial charge in [-0.25, -0.2) is 0 Å². The van der Waals surface area contributed by atoms with Gasteiger partial charge in [0.25, 0.3) is 17.2 Å². The van der Waals surface area contributed by atoms with Gasteiger partial charge in [-0.05, 0) is 44.3 Å². The van der Waals surface area contributed by atoms with E-state index >= 15 is 0 Å². The van der Waals surface area contributed by atoms with Gasteiger partial charge in [0.15, 0.2) is 5.69 Å². The van der Waals surface area contributed by atoms with E-state index in [0.29, 0.717) is 41.0 Å². The number of nitrogens with zero attached hydrogens (tertiary/aromatic N) is 3. The molecule has 0 radical (unpaired) electrons. The van der Waals surface area contributed by atoms with Gasteiger partial charge < -0.3 is 19.5 Å². The van der Waals surface area contributed by atoms with Gasteiger partial charge in [-0.3, -0.25) is 19.7 Å². The largest absolute Gasteiger partial charge is 0.491 e. The van der Waals surface area contributed by atoms with Gasteiger partial charge in [0.05, 0.1) is 22.8 Å². The van der Waals surface area contributed by atoms with Gasteiger partial charge in [-0.1, -0.05) is 46.8 Å². The molecule has 0 atom stereocenters. The first kappa shape index (κ1) is 31.0. The maximum atomic E-state index is 13.5. The molecule has 11 heteroatoms. The second-order valence-electron chi connectivity index (χ2n) is 11.2. The number of aromatic nitrogens is 1. The van der Waals surface area contributed by atoms with Crippen LogP contribution in [0.15, 0.2) is 51.8 Å². The number of nitrogens with one attached hydrogen (secondary N) is 1. The van der Waals surface area contributed by atoms with E-state index in [1.54, 1.807) is 36.0 Å². The summed E-state index contributed by atoms with van der Waals surface area (Å²) in [6.07, 6.45) is 0. The van der Waals surface area contributed by atoms with E-state index in [2.05, 4.69) is 10.2 Å². The van der Waals surface area contributed by atoms with Crippen molar-refractivity contribution in [2.45, 2.75) is 45.8 Å². The molecule has 0 unspecified atom stereocenters. The second kappa shape index (κ2) is 13.2. The predicted octanol–water partition coefficient (Wildman–Crippen LogP) is 5.72. The molecule has 0 aliphatic rings. The third-order valence-electron chi connectivity index (χ3n) is 5.87. The van der Waals surface area contributed by atoms with E-state index in [1.807, 2.05) is 48.7 Å². The molecular weight excluding hydrogens is 532 g/mol. The molecule has 0 bridgehead atoms. The molecule has 0 saturated carbocycles. The summed E-state index contributed by atoms with van der Waals surface area (Å²) in [5.41, 5.74) is -0.411. The Morgan fingerprint density at radius 2 is 1.90 bits per heavy atom. The van der Waals surface area contributed by atoms with E-state index in [-0.39, 0.29) is 11.3 Å². The molecule has 3 rings (SSSR count). The Hall–Kier alpha value is -3.57. The van der Waals surface area contributed by atoms with Crippen LogP contribution in [0.25, 0.3) is 5.69 Å². The van der Waals surface area contributed by atoms with Crippen molar-refractivity contribution in [3.05, 3.63) is 79.8 Å². The first-order valence-electron chi connectivity index (χ1n) is 13.1. The van der Waals surface area contributed by atoms with Crippen molar-refractivity contribution >= 4 is 29.0 Å². The summed E-state index contributed by atoms with van der Waals surface area (Å²) in [5.74, 6) is 1.96. The van der Waals surface area contributed by atoms with Crippen molar-refractivity contribution in [3.8, 4) is 11.4 Å². The van der Waals surface area contributed by atoms with Gasteiger partial charge in [0, 0.05) is 35.1 Å². The molecule has 3 aromatic rings. The lowest BCUT2D eigenvalue weighted by Crippen LogP contribution is -2.20. The highest BCUT2D eigenvalue weighted by atomic mass is 32.2. The van der Waals surface area contributed by atoms with Gasteiger partial charge in [0.2, 0.25) is 0 Å². The summed E-state index contributed by atoms with van der Waals surface area (Å²) >= 11 is 1.60. The Labute approximate surface area is 238 Å². The van der Waals surface area contributed by atoms with Crippen LogP contribution in [0, 0.1) is 16.0 Å². The normalized spacial score (nSPS) is 11.7. The number of nitro groups is 1. The van der Waals surface area contributed by atoms with E-state index in [0.717, 1.165) is 23.1 Å². The van der Waals surface area contributed by atoms with Gasteiger partial charge in [-0.2, -0.15) is 11.8 Å². The topological polar surface area (TPSA) is 120 Å². The fraction of sp³-hybridized carbons (Fsp3) is 0.448. The molecule has 0 saturated heterocycles. The van der Waals surface area contributed by atoms with Crippen molar-refractivity contribution < 1.29 is 19.0 Å². The number of hydrogen-bond acceptors (Lipinski definition) is 8. The number of benzene rings is 2. The van der Waals surface area contributed by atoms with Crippen molar-refractivity contribution in [3.63, 3.8) is 0 Å². The summed E-state index contributed by atoms with van der Waals surface area (Å²) in [7, 11) is 3.96. The number of rotatable bonds is 12. The Morgan fingerprint density at radius 3 is 2.52 bits per heavy atom. The molecule has 1 heterocycles. The second-order valence-corrected chi connectivity index (χ2v) is 12.3. The van der Waals surface area contributed by atoms with E-state index in [4.69, 9.17) is 9.26 Å². The fourth-order valence-electron chi connectivity index (χ4n) is 3.83. The maximum absolute atomic E-state index is 13.5. The Bertz CT molecular complexity index is 1400. The number of amides is 1. The average molecular weight is 571 g/mol. The first-order valence-corrected chi connectivity index (χ1v) is 14.2. The van der Waals surface area contributed by atoms with Gasteiger partial charge in [-0.15, -0.1) is 4.74 Å². The zero-order chi connectivity index (χ0) is 29.6. The third-order valence-corrected chi connectivity index (χ3v) is 6.83. The molecule has 1 N–H and O–H groups in total. The van der Waals surface area contributed by atoms with Crippen LogP contribution in [0.5, 0.6) is 5.75 Å². The smallest absolute Gasteiger partial charge is 0.297 e. The molecule has 2 aromatic carbocycles. The zero-order valence-corrected chi connectivity index (χ0v) is 25.0. The van der Waals surface area contributed by atoms with Crippen molar-refractivity contribution in [1.29, 1.82) is 0 Å². The fourth-order valence-corrected chi connectivity index (χ4v) is 4.93. The minimum atomic E-state index is -0.622. The van der Waals surface area contributed by atoms with E-state index in [9.17, 15) is 19.7 Å². The zero-order valence-electron chi connectivity index (χ0n) is 24.1. The summed E-state index contributed by atoms with van der Waals surface area (Å²) in [6.45, 7) is 11.1. The number of para-hydroxylation sites is 2. The quantitative estimate of drug-likeness (QED) is 0.167. The monoisotopic (exact) mass is 570 g/mol. The Balaban J connectivity index is 1.96. The number of anilines is 1. The van der Waals surface area contributed by atoms with Gasteiger partial charge in [0.1, 0.15) is 11.5 Å². The van der Waals surface area contributed by atoms with E-state index < -0.39 is 27.5 Å². The van der Waals surface area contributed by atoms with Crippen molar-refractivity contribution in [1.82, 2.24) is 9.64 Å². The van der Waals surface area contributed by atoms with Crippen LogP contribution < -0.4 is 15.6 Å². The molecule has 40 heavy (non-hydrogen) atoms. The highest BCUT2D eigenvalue weighted by molar-refractivity contribution is 7.98. The summed E-state index contributed by atoms with van der Waals surface area (Å²) in [4.78, 5) is 40.1. The number of ether oxygens (including phenoxy) is 1. The van der Waals surface area contributed by atoms with Crippen molar-refractivity contribution in [2.24, 2.45) is 5.92 Å². The molecule has 216 valence electrons. The number of carbonyl (C=O) groups is 1. The average Bonchev–Trinajstić information content (AvgIpc) is 3.21. The molecular formula is C29H38N4O6S. The molecule has 0 aliphatic carbocycles. The standard InChI is InChI=1S/C29H38N4O6S/c1-19(2)17-38-25-11-9-8-10-22(25)30-27(34)20-12-13-23(24(16-20)33(36)37)32-28(35)21(18-40-15-14-31(6)7)26(39-32)29(3,4)5/h8-13,16,19H,14-15,17-18H2,1-7H3,(H,30,34). The number of thioether (sulfide) groups is 1. The first-order chi connectivity index (χ1) is 18.8. The minimum Gasteiger partial charge on any atom is -0.491 e. The maximum Gasteiger partial charge on any atom is 0.297 e.